The Kier molecular flexibility index (Phi) is 17.2. The topological polar surface area (TPSA) is 186 Å². The van der Waals surface area contributed by atoms with Crippen LogP contribution in [0.2, 0.25) is 0 Å². The van der Waals surface area contributed by atoms with E-state index in [9.17, 15) is 28.8 Å². The number of hydrogen-bond donors (Lipinski definition) is 4. The number of nitrogens with zero attached hydrogens (tertiary/aromatic N) is 1. The van der Waals surface area contributed by atoms with Gasteiger partial charge in [0.1, 0.15) is 24.4 Å². The third kappa shape index (κ3) is 14.2. The lowest BCUT2D eigenvalue weighted by Crippen LogP contribution is -2.59. The molecule has 2 heterocycles. The van der Waals surface area contributed by atoms with Crippen LogP contribution in [0.15, 0.2) is 24.2 Å². The minimum Gasteiger partial charge on any atom is -0.466 e. The van der Waals surface area contributed by atoms with Gasteiger partial charge in [-0.15, -0.1) is 0 Å². The summed E-state index contributed by atoms with van der Waals surface area (Å²) in [7, 11) is 0. The quantitative estimate of drug-likeness (QED) is 0.131. The number of Topliss-reactive ketones (excluding diaryl/α,β-unsaturated/α-hetero) is 1. The molecule has 2 aliphatic heterocycles. The van der Waals surface area contributed by atoms with E-state index in [1.165, 1.54) is 0 Å². The van der Waals surface area contributed by atoms with Crippen LogP contribution in [-0.4, -0.2) is 78.2 Å². The number of primary amides is 1. The molecule has 0 spiro atoms. The van der Waals surface area contributed by atoms with Crippen molar-refractivity contribution in [1.82, 2.24) is 20.9 Å². The van der Waals surface area contributed by atoms with Crippen LogP contribution in [0, 0.1) is 23.2 Å². The molecule has 3 aliphatic rings. The van der Waals surface area contributed by atoms with Crippen LogP contribution in [0.3, 0.4) is 0 Å². The van der Waals surface area contributed by atoms with Gasteiger partial charge in [0.2, 0.25) is 18.1 Å². The molecule has 2 fully saturated rings. The Morgan fingerprint density at radius 1 is 1.11 bits per heavy atom. The van der Waals surface area contributed by atoms with Gasteiger partial charge in [-0.3, -0.25) is 19.2 Å². The summed E-state index contributed by atoms with van der Waals surface area (Å²) in [4.78, 5) is 72.4. The number of nitrogens with two attached hydrogens (primary N) is 1. The highest BCUT2D eigenvalue weighted by atomic mass is 16.6. The lowest BCUT2D eigenvalue weighted by atomic mass is 9.85. The lowest BCUT2D eigenvalue weighted by Gasteiger charge is -2.35. The zero-order valence-electron chi connectivity index (χ0n) is 29.6. The summed E-state index contributed by atoms with van der Waals surface area (Å²) in [5, 5.41) is 7.83. The van der Waals surface area contributed by atoms with Gasteiger partial charge in [-0.25, -0.2) is 9.59 Å². The number of amides is 5. The maximum absolute atomic E-state index is 13.3. The number of allylic oxidation sites excluding steroid dienone is 2. The van der Waals surface area contributed by atoms with E-state index in [1.54, 1.807) is 6.26 Å². The summed E-state index contributed by atoms with van der Waals surface area (Å²) in [5.74, 6) is -1.09. The number of ketones is 1. The molecule has 5 unspecified atom stereocenters. The number of ether oxygens (including phenoxy) is 2. The maximum Gasteiger partial charge on any atom is 0.329 e. The zero-order valence-corrected chi connectivity index (χ0v) is 29.6. The second-order valence-corrected chi connectivity index (χ2v) is 13.6. The molecule has 1 saturated heterocycles. The van der Waals surface area contributed by atoms with E-state index < -0.39 is 47.2 Å². The molecule has 0 aromatic heterocycles. The van der Waals surface area contributed by atoms with Crippen molar-refractivity contribution < 1.29 is 38.2 Å². The summed E-state index contributed by atoms with van der Waals surface area (Å²) < 4.78 is 10.6. The molecule has 0 bridgehead atoms. The van der Waals surface area contributed by atoms with Gasteiger partial charge in [-0.1, -0.05) is 68.2 Å². The van der Waals surface area contributed by atoms with Crippen LogP contribution in [0.25, 0.3) is 0 Å². The van der Waals surface area contributed by atoms with Gasteiger partial charge in [0.05, 0.1) is 12.3 Å². The van der Waals surface area contributed by atoms with Crippen molar-refractivity contribution in [3.63, 3.8) is 0 Å². The second-order valence-electron chi connectivity index (χ2n) is 13.6. The van der Waals surface area contributed by atoms with E-state index in [4.69, 9.17) is 15.2 Å². The van der Waals surface area contributed by atoms with Crippen molar-refractivity contribution in [2.75, 3.05) is 13.2 Å². The van der Waals surface area contributed by atoms with Crippen LogP contribution in [0.1, 0.15) is 94.4 Å². The maximum atomic E-state index is 13.3. The first-order valence-corrected chi connectivity index (χ1v) is 16.6. The van der Waals surface area contributed by atoms with E-state index in [-0.39, 0.29) is 24.5 Å². The number of urea groups is 1. The lowest BCUT2D eigenvalue weighted by molar-refractivity contribution is -0.146. The van der Waals surface area contributed by atoms with Crippen molar-refractivity contribution in [2.45, 2.75) is 119 Å². The Labute approximate surface area is 279 Å². The first-order chi connectivity index (χ1) is 22.0. The van der Waals surface area contributed by atoms with Crippen LogP contribution in [-0.2, 0) is 33.4 Å². The monoisotopic (exact) mass is 663 g/mol. The standard InChI is InChI=1S/C24H39N3O5.C8H12N2O3.C2H6/c1-15(2)19(22(29)32-14-18-10-8-9-11-31-18)25-23(30)26-20(24(5,6)7)21(28)27-13-16(3)12-17(27)4;9-8(13)7(12)6(10-4-11)3-5-1-2-5;1-2/h9-11,15-17,19-20H,8,12-14H2,1-7H3,(H2,25,26,30);4-6H,1-3H2,(H2,9,13)(H,10,11);1-2H3. The van der Waals surface area contributed by atoms with Crippen LogP contribution >= 0.6 is 0 Å². The first-order valence-electron chi connectivity index (χ1n) is 16.6. The van der Waals surface area contributed by atoms with E-state index in [0.29, 0.717) is 37.0 Å². The minimum absolute atomic E-state index is 0.00380. The summed E-state index contributed by atoms with van der Waals surface area (Å²) in [6.45, 7) is 18.2. The van der Waals surface area contributed by atoms with Gasteiger partial charge in [0.25, 0.3) is 5.91 Å². The smallest absolute Gasteiger partial charge is 0.329 e. The first kappa shape index (κ1) is 41.1. The van der Waals surface area contributed by atoms with Crippen molar-refractivity contribution >= 4 is 36.0 Å². The molecule has 1 saturated carbocycles. The molecule has 266 valence electrons. The average molecular weight is 664 g/mol. The minimum atomic E-state index is -0.986. The number of nitrogens with one attached hydrogen (secondary N) is 3. The van der Waals surface area contributed by atoms with Gasteiger partial charge in [-0.05, 0) is 61.5 Å². The van der Waals surface area contributed by atoms with Crippen LogP contribution in [0.5, 0.6) is 0 Å². The predicted octanol–water partition coefficient (Wildman–Crippen LogP) is 3.32. The molecule has 0 aromatic carbocycles. The third-order valence-electron chi connectivity index (χ3n) is 7.91. The molecule has 13 nitrogen and oxygen atoms in total. The summed E-state index contributed by atoms with van der Waals surface area (Å²) in [6, 6.07) is -2.72. The molecule has 5 atom stereocenters. The fraction of sp³-hybridized carbons (Fsp3) is 0.706. The van der Waals surface area contributed by atoms with Gasteiger partial charge in [-0.2, -0.15) is 0 Å². The van der Waals surface area contributed by atoms with E-state index in [2.05, 4.69) is 22.9 Å². The third-order valence-corrected chi connectivity index (χ3v) is 7.91. The number of likely N-dealkylation sites (tertiary alicyclic amines) is 1. The molecule has 13 heteroatoms. The number of carbonyl (C=O) groups excluding carboxylic acids is 6. The summed E-state index contributed by atoms with van der Waals surface area (Å²) >= 11 is 0. The number of carbonyl (C=O) groups is 6. The van der Waals surface area contributed by atoms with E-state index >= 15 is 0 Å². The molecular formula is C34H57N5O8. The summed E-state index contributed by atoms with van der Waals surface area (Å²) in [6.07, 6.45) is 9.98. The molecule has 47 heavy (non-hydrogen) atoms. The molecule has 5 amide bonds. The van der Waals surface area contributed by atoms with Crippen molar-refractivity contribution in [3.05, 3.63) is 24.2 Å². The highest BCUT2D eigenvalue weighted by Crippen LogP contribution is 2.33. The molecule has 3 rings (SSSR count). The molecule has 5 N–H and O–H groups in total. The summed E-state index contributed by atoms with van der Waals surface area (Å²) in [5.41, 5.74) is 4.32. The molecular weight excluding hydrogens is 606 g/mol. The second kappa shape index (κ2) is 19.7. The largest absolute Gasteiger partial charge is 0.466 e. The molecule has 1 aliphatic carbocycles. The van der Waals surface area contributed by atoms with Crippen LogP contribution < -0.4 is 21.7 Å². The number of hydrogen-bond acceptors (Lipinski definition) is 8. The fourth-order valence-corrected chi connectivity index (χ4v) is 5.19. The van der Waals surface area contributed by atoms with Gasteiger partial charge < -0.3 is 36.1 Å². The predicted molar refractivity (Wildman–Crippen MR) is 178 cm³/mol. The van der Waals surface area contributed by atoms with Gasteiger partial charge in [0, 0.05) is 12.6 Å². The van der Waals surface area contributed by atoms with E-state index in [0.717, 1.165) is 25.7 Å². The van der Waals surface area contributed by atoms with Crippen molar-refractivity contribution in [1.29, 1.82) is 0 Å². The Balaban J connectivity index is 0.000000612. The van der Waals surface area contributed by atoms with E-state index in [1.807, 2.05) is 72.4 Å². The number of rotatable bonds is 13. The Morgan fingerprint density at radius 2 is 1.74 bits per heavy atom. The highest BCUT2D eigenvalue weighted by molar-refractivity contribution is 6.37. The Morgan fingerprint density at radius 3 is 2.19 bits per heavy atom. The zero-order chi connectivity index (χ0) is 35.9. The van der Waals surface area contributed by atoms with Crippen molar-refractivity contribution in [3.8, 4) is 0 Å². The van der Waals surface area contributed by atoms with Gasteiger partial charge >= 0.3 is 12.0 Å². The molecule has 0 aromatic rings. The normalized spacial score (nSPS) is 20.4. The highest BCUT2D eigenvalue weighted by Gasteiger charge is 2.40. The van der Waals surface area contributed by atoms with Crippen LogP contribution in [0.4, 0.5) is 4.79 Å². The Bertz CT molecular complexity index is 1140. The van der Waals surface area contributed by atoms with Crippen molar-refractivity contribution in [2.24, 2.45) is 28.9 Å². The number of esters is 1. The SMILES string of the molecule is CC.CC1CC(C)N(C(=O)C(NC(=O)NC(C(=O)OCC2=CCC=CO2)C(C)C)C(C)(C)C)C1.NC(=O)C(=O)C(CC1CC1)NC=O. The fourth-order valence-electron chi connectivity index (χ4n) is 5.19. The van der Waals surface area contributed by atoms with Gasteiger partial charge in [0.15, 0.2) is 0 Å². The Hall–Kier alpha value is -3.90. The average Bonchev–Trinajstić information content (AvgIpc) is 3.77. The molecule has 0 radical (unpaired) electrons.